The number of rotatable bonds is 2. The summed E-state index contributed by atoms with van der Waals surface area (Å²) in [6, 6.07) is 6.25. The van der Waals surface area contributed by atoms with E-state index in [1.165, 1.54) is 16.2 Å². The minimum absolute atomic E-state index is 0.00464. The van der Waals surface area contributed by atoms with Crippen molar-refractivity contribution in [2.24, 2.45) is 0 Å². The Morgan fingerprint density at radius 1 is 1.26 bits per heavy atom. The number of thiazole rings is 1. The van der Waals surface area contributed by atoms with Gasteiger partial charge in [0.05, 0.1) is 29.3 Å². The van der Waals surface area contributed by atoms with Gasteiger partial charge in [0.1, 0.15) is 0 Å². The molecule has 2 atom stereocenters. The summed E-state index contributed by atoms with van der Waals surface area (Å²) in [6.45, 7) is 0. The molecule has 2 saturated heterocycles. The third-order valence-electron chi connectivity index (χ3n) is 4.02. The molecule has 2 fully saturated rings. The first kappa shape index (κ1) is 14.9. The number of carbonyl (C=O) groups is 1. The normalized spacial score (nSPS) is 25.4. The lowest BCUT2D eigenvalue weighted by Gasteiger charge is -2.17. The van der Waals surface area contributed by atoms with Crippen LogP contribution < -0.4 is 10.2 Å². The standard InChI is InChI=1S/C14H12ClN3O3S2/c15-9-3-1-8(2-4-9)10-5-22-14(17-10)18-12-7-23(20,21)6-11(12)16-13(18)19/h1-5,11-12H,6-7H2,(H,16,19)/t11-,12-/m1/s1. The molecule has 0 bridgehead atoms. The maximum absolute atomic E-state index is 12.2. The topological polar surface area (TPSA) is 79.4 Å². The number of carbonyl (C=O) groups excluding carboxylic acids is 1. The number of aromatic nitrogens is 1. The molecule has 3 heterocycles. The second-order valence-electron chi connectivity index (χ2n) is 5.59. The molecule has 0 saturated carbocycles. The molecule has 1 aromatic heterocycles. The minimum Gasteiger partial charge on any atom is -0.332 e. The van der Waals surface area contributed by atoms with Crippen LogP contribution in [0.5, 0.6) is 0 Å². The van der Waals surface area contributed by atoms with Crippen LogP contribution in [-0.4, -0.2) is 43.0 Å². The Morgan fingerprint density at radius 2 is 2.00 bits per heavy atom. The second kappa shape index (κ2) is 5.19. The fraction of sp³-hybridized carbons (Fsp3) is 0.286. The van der Waals surface area contributed by atoms with E-state index in [9.17, 15) is 13.2 Å². The third kappa shape index (κ3) is 2.60. The predicted molar refractivity (Wildman–Crippen MR) is 89.8 cm³/mol. The summed E-state index contributed by atoms with van der Waals surface area (Å²) in [4.78, 5) is 18.1. The zero-order valence-electron chi connectivity index (χ0n) is 11.8. The number of anilines is 1. The van der Waals surface area contributed by atoms with Crippen LogP contribution in [0.2, 0.25) is 5.02 Å². The van der Waals surface area contributed by atoms with E-state index in [-0.39, 0.29) is 29.6 Å². The summed E-state index contributed by atoms with van der Waals surface area (Å²) in [5.41, 5.74) is 1.63. The molecule has 23 heavy (non-hydrogen) atoms. The van der Waals surface area contributed by atoms with Gasteiger partial charge >= 0.3 is 6.03 Å². The Hall–Kier alpha value is -1.64. The first-order valence-corrected chi connectivity index (χ1v) is 10.0. The molecule has 2 amide bonds. The SMILES string of the molecule is O=C1N[C@@H]2CS(=O)(=O)C[C@H]2N1c1nc(-c2ccc(Cl)cc2)cs1. The Kier molecular flexibility index (Phi) is 3.36. The zero-order chi connectivity index (χ0) is 16.2. The lowest BCUT2D eigenvalue weighted by Crippen LogP contribution is -2.36. The number of benzene rings is 1. The van der Waals surface area contributed by atoms with Gasteiger partial charge in [-0.3, -0.25) is 4.90 Å². The zero-order valence-corrected chi connectivity index (χ0v) is 14.2. The number of nitrogens with one attached hydrogen (secondary N) is 1. The van der Waals surface area contributed by atoms with E-state index in [1.54, 1.807) is 12.1 Å². The number of amides is 2. The van der Waals surface area contributed by atoms with Gasteiger partial charge in [-0.05, 0) is 12.1 Å². The molecule has 2 aliphatic rings. The largest absolute Gasteiger partial charge is 0.332 e. The Morgan fingerprint density at radius 3 is 2.74 bits per heavy atom. The molecule has 4 rings (SSSR count). The predicted octanol–water partition coefficient (Wildman–Crippen LogP) is 2.16. The fourth-order valence-corrected chi connectivity index (χ4v) is 5.86. The average molecular weight is 370 g/mol. The van der Waals surface area contributed by atoms with Gasteiger partial charge in [-0.15, -0.1) is 11.3 Å². The van der Waals surface area contributed by atoms with Gasteiger partial charge in [0.2, 0.25) is 0 Å². The first-order chi connectivity index (χ1) is 10.9. The molecule has 2 aromatic rings. The molecule has 120 valence electrons. The number of nitrogens with zero attached hydrogens (tertiary/aromatic N) is 2. The number of hydrogen-bond acceptors (Lipinski definition) is 5. The first-order valence-electron chi connectivity index (χ1n) is 6.94. The molecule has 0 radical (unpaired) electrons. The second-order valence-corrected chi connectivity index (χ2v) is 9.02. The summed E-state index contributed by atoms with van der Waals surface area (Å²) in [5.74, 6) is -0.0262. The van der Waals surface area contributed by atoms with Crippen molar-refractivity contribution in [3.05, 3.63) is 34.7 Å². The van der Waals surface area contributed by atoms with E-state index >= 15 is 0 Å². The minimum atomic E-state index is -3.11. The molecule has 6 nitrogen and oxygen atoms in total. The number of urea groups is 1. The average Bonchev–Trinajstić information content (AvgIpc) is 3.12. The number of fused-ring (bicyclic) bond motifs is 1. The van der Waals surface area contributed by atoms with Crippen molar-refractivity contribution >= 4 is 43.9 Å². The summed E-state index contributed by atoms with van der Waals surface area (Å²) < 4.78 is 23.6. The van der Waals surface area contributed by atoms with E-state index < -0.39 is 9.84 Å². The van der Waals surface area contributed by atoms with Crippen LogP contribution in [0.25, 0.3) is 11.3 Å². The van der Waals surface area contributed by atoms with Crippen LogP contribution >= 0.6 is 22.9 Å². The monoisotopic (exact) mass is 369 g/mol. The summed E-state index contributed by atoms with van der Waals surface area (Å²) >= 11 is 7.20. The van der Waals surface area contributed by atoms with Crippen LogP contribution in [-0.2, 0) is 9.84 Å². The molecule has 0 spiro atoms. The quantitative estimate of drug-likeness (QED) is 0.823. The smallest absolute Gasteiger partial charge is 0.324 e. The van der Waals surface area contributed by atoms with Gasteiger partial charge in [-0.2, -0.15) is 0 Å². The van der Waals surface area contributed by atoms with Crippen molar-refractivity contribution in [1.82, 2.24) is 10.3 Å². The highest BCUT2D eigenvalue weighted by Crippen LogP contribution is 2.34. The van der Waals surface area contributed by atoms with Crippen LogP contribution in [0.1, 0.15) is 0 Å². The van der Waals surface area contributed by atoms with E-state index in [0.717, 1.165) is 11.3 Å². The molecular weight excluding hydrogens is 358 g/mol. The Balaban J connectivity index is 1.66. The molecule has 9 heteroatoms. The molecule has 1 N–H and O–H groups in total. The van der Waals surface area contributed by atoms with Crippen molar-refractivity contribution < 1.29 is 13.2 Å². The fourth-order valence-electron chi connectivity index (χ4n) is 2.96. The van der Waals surface area contributed by atoms with E-state index in [1.807, 2.05) is 17.5 Å². The summed E-state index contributed by atoms with van der Waals surface area (Å²) in [6.07, 6.45) is 0. The van der Waals surface area contributed by atoms with Crippen molar-refractivity contribution in [2.45, 2.75) is 12.1 Å². The lowest BCUT2D eigenvalue weighted by molar-refractivity contribution is 0.251. The van der Waals surface area contributed by atoms with Gasteiger partial charge in [-0.1, -0.05) is 23.7 Å². The van der Waals surface area contributed by atoms with Gasteiger partial charge in [0, 0.05) is 16.0 Å². The van der Waals surface area contributed by atoms with Crippen LogP contribution in [0, 0.1) is 0 Å². The number of halogens is 1. The van der Waals surface area contributed by atoms with E-state index in [2.05, 4.69) is 10.3 Å². The van der Waals surface area contributed by atoms with Crippen molar-refractivity contribution in [3.8, 4) is 11.3 Å². The maximum atomic E-state index is 12.2. The highest BCUT2D eigenvalue weighted by atomic mass is 35.5. The molecule has 0 unspecified atom stereocenters. The van der Waals surface area contributed by atoms with Gasteiger partial charge in [0.15, 0.2) is 15.0 Å². The number of hydrogen-bond donors (Lipinski definition) is 1. The molecule has 0 aliphatic carbocycles. The summed E-state index contributed by atoms with van der Waals surface area (Å²) in [5, 5.41) is 5.74. The van der Waals surface area contributed by atoms with Crippen LogP contribution in [0.3, 0.4) is 0 Å². The van der Waals surface area contributed by atoms with Gasteiger partial charge in [0.25, 0.3) is 0 Å². The van der Waals surface area contributed by atoms with Gasteiger partial charge < -0.3 is 5.32 Å². The van der Waals surface area contributed by atoms with Crippen LogP contribution in [0.15, 0.2) is 29.6 Å². The van der Waals surface area contributed by atoms with E-state index in [4.69, 9.17) is 11.6 Å². The highest BCUT2D eigenvalue weighted by molar-refractivity contribution is 7.91. The van der Waals surface area contributed by atoms with Crippen molar-refractivity contribution in [3.63, 3.8) is 0 Å². The molecular formula is C14H12ClN3O3S2. The van der Waals surface area contributed by atoms with Crippen molar-refractivity contribution in [1.29, 1.82) is 0 Å². The third-order valence-corrected chi connectivity index (χ3v) is 6.83. The maximum Gasteiger partial charge on any atom is 0.324 e. The molecule has 1 aromatic carbocycles. The molecule has 2 aliphatic heterocycles. The van der Waals surface area contributed by atoms with E-state index in [0.29, 0.717) is 10.2 Å². The highest BCUT2D eigenvalue weighted by Gasteiger charge is 2.50. The number of sulfone groups is 1. The van der Waals surface area contributed by atoms with Gasteiger partial charge in [-0.25, -0.2) is 18.2 Å². The van der Waals surface area contributed by atoms with Crippen molar-refractivity contribution in [2.75, 3.05) is 16.4 Å². The summed E-state index contributed by atoms with van der Waals surface area (Å²) in [7, 11) is -3.11. The Labute approximate surface area is 142 Å². The van der Waals surface area contributed by atoms with Crippen LogP contribution in [0.4, 0.5) is 9.93 Å². The Bertz CT molecular complexity index is 879. The lowest BCUT2D eigenvalue weighted by atomic mass is 10.2.